The molecule has 2 rings (SSSR count). The van der Waals surface area contributed by atoms with Crippen LogP contribution in [0.1, 0.15) is 29.5 Å². The highest BCUT2D eigenvalue weighted by atomic mass is 19.4. The first-order valence-corrected chi connectivity index (χ1v) is 5.21. The van der Waals surface area contributed by atoms with Crippen molar-refractivity contribution in [2.24, 2.45) is 0 Å². The van der Waals surface area contributed by atoms with Crippen molar-refractivity contribution in [2.45, 2.75) is 38.0 Å². The molecule has 0 radical (unpaired) electrons. The largest absolute Gasteiger partial charge is 0.426 e. The molecule has 0 saturated heterocycles. The number of aryl methyl sites for hydroxylation is 1. The lowest BCUT2D eigenvalue weighted by Crippen LogP contribution is -2.41. The summed E-state index contributed by atoms with van der Waals surface area (Å²) >= 11 is 0. The van der Waals surface area contributed by atoms with Crippen LogP contribution in [0.5, 0.6) is 0 Å². The zero-order valence-electron chi connectivity index (χ0n) is 8.87. The van der Waals surface area contributed by atoms with Crippen LogP contribution in [0.25, 0.3) is 0 Å². The second-order valence-corrected chi connectivity index (χ2v) is 4.25. The van der Waals surface area contributed by atoms with Crippen LogP contribution in [-0.2, 0) is 12.1 Å². The van der Waals surface area contributed by atoms with Crippen LogP contribution in [0, 0.1) is 6.92 Å². The molecule has 1 atom stereocenters. The molecule has 0 nitrogen and oxygen atoms in total. The van der Waals surface area contributed by atoms with Gasteiger partial charge in [-0.2, -0.15) is 13.2 Å². The second-order valence-electron chi connectivity index (χ2n) is 4.25. The summed E-state index contributed by atoms with van der Waals surface area (Å²) < 4.78 is 52.4. The number of benzene rings is 1. The van der Waals surface area contributed by atoms with Gasteiger partial charge < -0.3 is 0 Å². The zero-order chi connectivity index (χ0) is 12.0. The van der Waals surface area contributed by atoms with Crippen molar-refractivity contribution in [3.8, 4) is 0 Å². The van der Waals surface area contributed by atoms with E-state index >= 15 is 0 Å². The van der Waals surface area contributed by atoms with Gasteiger partial charge in [-0.15, -0.1) is 0 Å². The van der Waals surface area contributed by atoms with Crippen LogP contribution in [0.2, 0.25) is 0 Å². The van der Waals surface area contributed by atoms with E-state index in [9.17, 15) is 17.6 Å². The van der Waals surface area contributed by atoms with Gasteiger partial charge in [0.25, 0.3) is 0 Å². The average molecular weight is 232 g/mol. The molecule has 0 aromatic heterocycles. The molecule has 4 heteroatoms. The topological polar surface area (TPSA) is 0 Å². The van der Waals surface area contributed by atoms with Gasteiger partial charge in [0.05, 0.1) is 0 Å². The molecule has 1 unspecified atom stereocenters. The van der Waals surface area contributed by atoms with Crippen molar-refractivity contribution in [3.63, 3.8) is 0 Å². The van der Waals surface area contributed by atoms with E-state index in [1.807, 2.05) is 0 Å². The maximum atomic E-state index is 14.1. The van der Waals surface area contributed by atoms with Crippen molar-refractivity contribution in [1.82, 2.24) is 0 Å². The number of hydrogen-bond donors (Lipinski definition) is 0. The summed E-state index contributed by atoms with van der Waals surface area (Å²) in [5.41, 5.74) is -2.09. The second kappa shape index (κ2) is 3.47. The van der Waals surface area contributed by atoms with Crippen LogP contribution < -0.4 is 0 Å². The Morgan fingerprint density at radius 2 is 1.94 bits per heavy atom. The summed E-state index contributed by atoms with van der Waals surface area (Å²) in [6.07, 6.45) is -4.51. The maximum absolute atomic E-state index is 14.1. The first-order valence-electron chi connectivity index (χ1n) is 5.21. The SMILES string of the molecule is Cc1cccc2c1CCCC2(F)C(F)(F)F. The van der Waals surface area contributed by atoms with Crippen molar-refractivity contribution >= 4 is 0 Å². The number of rotatable bonds is 0. The third-order valence-electron chi connectivity index (χ3n) is 3.23. The monoisotopic (exact) mass is 232 g/mol. The fourth-order valence-corrected chi connectivity index (χ4v) is 2.34. The lowest BCUT2D eigenvalue weighted by atomic mass is 9.78. The molecular formula is C12H12F4. The fraction of sp³-hybridized carbons (Fsp3) is 0.500. The molecule has 0 heterocycles. The normalized spacial score (nSPS) is 25.3. The Hall–Kier alpha value is -1.06. The van der Waals surface area contributed by atoms with E-state index in [2.05, 4.69) is 0 Å². The first kappa shape index (κ1) is 11.4. The van der Waals surface area contributed by atoms with E-state index in [4.69, 9.17) is 0 Å². The minimum absolute atomic E-state index is 0.189. The summed E-state index contributed by atoms with van der Waals surface area (Å²) in [4.78, 5) is 0. The summed E-state index contributed by atoms with van der Waals surface area (Å²) in [6, 6.07) is 4.47. The van der Waals surface area contributed by atoms with E-state index < -0.39 is 18.3 Å². The number of halogens is 4. The average Bonchev–Trinajstić information content (AvgIpc) is 2.18. The van der Waals surface area contributed by atoms with Gasteiger partial charge in [-0.3, -0.25) is 0 Å². The number of alkyl halides is 4. The molecular weight excluding hydrogens is 220 g/mol. The number of hydrogen-bond acceptors (Lipinski definition) is 0. The molecule has 1 aliphatic rings. The molecule has 16 heavy (non-hydrogen) atoms. The van der Waals surface area contributed by atoms with Crippen molar-refractivity contribution in [2.75, 3.05) is 0 Å². The van der Waals surface area contributed by atoms with Gasteiger partial charge in [-0.25, -0.2) is 4.39 Å². The lowest BCUT2D eigenvalue weighted by molar-refractivity contribution is -0.240. The molecule has 0 N–H and O–H groups in total. The van der Waals surface area contributed by atoms with E-state index in [0.717, 1.165) is 5.56 Å². The van der Waals surface area contributed by atoms with Gasteiger partial charge in [0.15, 0.2) is 0 Å². The Kier molecular flexibility index (Phi) is 2.48. The summed E-state index contributed by atoms with van der Waals surface area (Å²) in [5, 5.41) is 0. The van der Waals surface area contributed by atoms with Crippen LogP contribution in [0.4, 0.5) is 17.6 Å². The molecule has 0 bridgehead atoms. The predicted molar refractivity (Wildman–Crippen MR) is 53.0 cm³/mol. The van der Waals surface area contributed by atoms with Gasteiger partial charge in [-0.1, -0.05) is 18.2 Å². The van der Waals surface area contributed by atoms with Gasteiger partial charge in [-0.05, 0) is 37.3 Å². The van der Waals surface area contributed by atoms with E-state index in [1.54, 1.807) is 13.0 Å². The molecule has 1 aliphatic carbocycles. The van der Waals surface area contributed by atoms with Crippen molar-refractivity contribution < 1.29 is 17.6 Å². The van der Waals surface area contributed by atoms with E-state index in [0.29, 0.717) is 12.0 Å². The quantitative estimate of drug-likeness (QED) is 0.592. The fourth-order valence-electron chi connectivity index (χ4n) is 2.34. The Bertz CT molecular complexity index is 408. The summed E-state index contributed by atoms with van der Waals surface area (Å²) in [7, 11) is 0. The van der Waals surface area contributed by atoms with Crippen molar-refractivity contribution in [3.05, 3.63) is 34.9 Å². The molecule has 1 aromatic rings. The van der Waals surface area contributed by atoms with Crippen LogP contribution in [0.15, 0.2) is 18.2 Å². The summed E-state index contributed by atoms with van der Waals surface area (Å²) in [6.45, 7) is 1.72. The smallest absolute Gasteiger partial charge is 0.229 e. The van der Waals surface area contributed by atoms with Crippen LogP contribution in [0.3, 0.4) is 0 Å². The Morgan fingerprint density at radius 3 is 2.56 bits per heavy atom. The molecule has 0 saturated carbocycles. The lowest BCUT2D eigenvalue weighted by Gasteiger charge is -2.34. The van der Waals surface area contributed by atoms with Crippen LogP contribution >= 0.6 is 0 Å². The zero-order valence-corrected chi connectivity index (χ0v) is 8.87. The Labute approximate surface area is 91.3 Å². The summed E-state index contributed by atoms with van der Waals surface area (Å²) in [5.74, 6) is 0. The number of fused-ring (bicyclic) bond motifs is 1. The molecule has 1 aromatic carbocycles. The van der Waals surface area contributed by atoms with E-state index in [1.165, 1.54) is 12.1 Å². The highest BCUT2D eigenvalue weighted by Gasteiger charge is 2.58. The van der Waals surface area contributed by atoms with E-state index in [-0.39, 0.29) is 12.0 Å². The predicted octanol–water partition coefficient (Wildman–Crippen LogP) is 4.06. The highest BCUT2D eigenvalue weighted by molar-refractivity contribution is 5.41. The minimum Gasteiger partial charge on any atom is -0.229 e. The third-order valence-corrected chi connectivity index (χ3v) is 3.23. The van der Waals surface area contributed by atoms with Gasteiger partial charge in [0.2, 0.25) is 5.67 Å². The molecule has 0 spiro atoms. The minimum atomic E-state index is -4.82. The van der Waals surface area contributed by atoms with Crippen molar-refractivity contribution in [1.29, 1.82) is 0 Å². The third kappa shape index (κ3) is 1.51. The standard InChI is InChI=1S/C12H12F4/c1-8-4-2-6-10-9(8)5-3-7-11(10,13)12(14,15)16/h2,4,6H,3,5,7H2,1H3. The molecule has 0 fully saturated rings. The van der Waals surface area contributed by atoms with Gasteiger partial charge in [0.1, 0.15) is 0 Å². The van der Waals surface area contributed by atoms with Crippen LogP contribution in [-0.4, -0.2) is 6.18 Å². The Balaban J connectivity index is 2.61. The van der Waals surface area contributed by atoms with Gasteiger partial charge >= 0.3 is 6.18 Å². The Morgan fingerprint density at radius 1 is 1.25 bits per heavy atom. The molecule has 88 valence electrons. The maximum Gasteiger partial charge on any atom is 0.426 e. The molecule has 0 amide bonds. The first-order chi connectivity index (χ1) is 7.36. The molecule has 0 aliphatic heterocycles. The van der Waals surface area contributed by atoms with Gasteiger partial charge in [0, 0.05) is 5.56 Å². The highest BCUT2D eigenvalue weighted by Crippen LogP contribution is 2.50.